The van der Waals surface area contributed by atoms with Crippen molar-refractivity contribution in [2.24, 2.45) is 5.92 Å². The summed E-state index contributed by atoms with van der Waals surface area (Å²) >= 11 is 1.64. The highest BCUT2D eigenvalue weighted by Gasteiger charge is 2.38. The lowest BCUT2D eigenvalue weighted by molar-refractivity contribution is 0.369. The van der Waals surface area contributed by atoms with Crippen molar-refractivity contribution in [2.75, 3.05) is 18.8 Å². The minimum absolute atomic E-state index is 0.254. The molecule has 2 fully saturated rings. The highest BCUT2D eigenvalue weighted by atomic mass is 32.2. The SMILES string of the molecule is O=S(=O)(CC1CCNCC1)N(Cc1cccs1)C1CC1. The molecule has 1 saturated carbocycles. The van der Waals surface area contributed by atoms with Gasteiger partial charge in [-0.25, -0.2) is 8.42 Å². The number of hydrogen-bond acceptors (Lipinski definition) is 4. The quantitative estimate of drug-likeness (QED) is 0.874. The zero-order valence-electron chi connectivity index (χ0n) is 11.6. The Morgan fingerprint density at radius 2 is 2.00 bits per heavy atom. The molecule has 2 aliphatic rings. The highest BCUT2D eigenvalue weighted by molar-refractivity contribution is 7.89. The van der Waals surface area contributed by atoms with Crippen LogP contribution in [0, 0.1) is 5.92 Å². The molecule has 0 spiro atoms. The number of nitrogens with zero attached hydrogens (tertiary/aromatic N) is 1. The summed E-state index contributed by atoms with van der Waals surface area (Å²) in [7, 11) is -3.12. The first-order valence-electron chi connectivity index (χ1n) is 7.38. The van der Waals surface area contributed by atoms with Crippen LogP contribution in [-0.4, -0.2) is 37.6 Å². The van der Waals surface area contributed by atoms with E-state index in [9.17, 15) is 8.42 Å². The molecule has 3 rings (SSSR count). The van der Waals surface area contributed by atoms with Crippen LogP contribution < -0.4 is 5.32 Å². The minimum atomic E-state index is -3.12. The third-order valence-electron chi connectivity index (χ3n) is 4.11. The molecule has 1 N–H and O–H groups in total. The molecule has 1 saturated heterocycles. The van der Waals surface area contributed by atoms with Gasteiger partial charge < -0.3 is 5.32 Å². The molecule has 1 aliphatic heterocycles. The van der Waals surface area contributed by atoms with Crippen LogP contribution in [0.4, 0.5) is 0 Å². The van der Waals surface area contributed by atoms with Crippen LogP contribution in [0.25, 0.3) is 0 Å². The first-order valence-corrected chi connectivity index (χ1v) is 9.86. The zero-order chi connectivity index (χ0) is 14.0. The molecule has 112 valence electrons. The van der Waals surface area contributed by atoms with Crippen LogP contribution in [0.5, 0.6) is 0 Å². The minimum Gasteiger partial charge on any atom is -0.317 e. The van der Waals surface area contributed by atoms with Gasteiger partial charge in [0.15, 0.2) is 0 Å². The zero-order valence-corrected chi connectivity index (χ0v) is 13.3. The standard InChI is InChI=1S/C14H22N2O2S2/c17-20(18,11-12-5-7-15-8-6-12)16(13-3-4-13)10-14-2-1-9-19-14/h1-2,9,12-13,15H,3-8,10-11H2. The molecule has 0 aromatic carbocycles. The average Bonchev–Trinajstić information content (AvgIpc) is 3.12. The fourth-order valence-electron chi connectivity index (χ4n) is 2.82. The van der Waals surface area contributed by atoms with Gasteiger partial charge in [0.1, 0.15) is 0 Å². The number of nitrogens with one attached hydrogen (secondary N) is 1. The molecule has 0 unspecified atom stereocenters. The van der Waals surface area contributed by atoms with Crippen molar-refractivity contribution in [1.82, 2.24) is 9.62 Å². The maximum absolute atomic E-state index is 12.7. The topological polar surface area (TPSA) is 49.4 Å². The molecule has 1 aromatic heterocycles. The second-order valence-corrected chi connectivity index (χ2v) is 8.83. The predicted octanol–water partition coefficient (Wildman–Crippen LogP) is 2.04. The smallest absolute Gasteiger partial charge is 0.214 e. The van der Waals surface area contributed by atoms with E-state index in [4.69, 9.17) is 0 Å². The van der Waals surface area contributed by atoms with Crippen molar-refractivity contribution in [1.29, 1.82) is 0 Å². The Balaban J connectivity index is 1.68. The lowest BCUT2D eigenvalue weighted by Gasteiger charge is -2.27. The molecule has 1 aliphatic carbocycles. The van der Waals surface area contributed by atoms with E-state index in [0.29, 0.717) is 18.2 Å². The van der Waals surface area contributed by atoms with Gasteiger partial charge in [-0.05, 0) is 56.1 Å². The van der Waals surface area contributed by atoms with E-state index < -0.39 is 10.0 Å². The molecule has 0 radical (unpaired) electrons. The number of piperidine rings is 1. The fraction of sp³-hybridized carbons (Fsp3) is 0.714. The summed E-state index contributed by atoms with van der Waals surface area (Å²) in [6.45, 7) is 2.47. The lowest BCUT2D eigenvalue weighted by Crippen LogP contribution is -2.39. The summed E-state index contributed by atoms with van der Waals surface area (Å²) in [4.78, 5) is 1.14. The summed E-state index contributed by atoms with van der Waals surface area (Å²) in [5.74, 6) is 0.655. The fourth-order valence-corrected chi connectivity index (χ4v) is 5.72. The van der Waals surface area contributed by atoms with Gasteiger partial charge in [0.25, 0.3) is 0 Å². The van der Waals surface area contributed by atoms with E-state index in [1.54, 1.807) is 15.6 Å². The summed E-state index contributed by atoms with van der Waals surface area (Å²) in [5, 5.41) is 5.31. The molecular formula is C14H22N2O2S2. The first-order chi connectivity index (χ1) is 9.65. The van der Waals surface area contributed by atoms with E-state index >= 15 is 0 Å². The van der Waals surface area contributed by atoms with E-state index in [-0.39, 0.29) is 6.04 Å². The molecule has 2 heterocycles. The molecule has 20 heavy (non-hydrogen) atoms. The van der Waals surface area contributed by atoms with Gasteiger partial charge in [0.2, 0.25) is 10.0 Å². The molecular weight excluding hydrogens is 292 g/mol. The van der Waals surface area contributed by atoms with Crippen LogP contribution in [0.2, 0.25) is 0 Å². The number of thiophene rings is 1. The number of sulfonamides is 1. The van der Waals surface area contributed by atoms with Crippen molar-refractivity contribution in [3.05, 3.63) is 22.4 Å². The molecule has 1 aromatic rings. The maximum Gasteiger partial charge on any atom is 0.214 e. The Kier molecular flexibility index (Phi) is 4.45. The Labute approximate surface area is 125 Å². The van der Waals surface area contributed by atoms with E-state index in [1.165, 1.54) is 0 Å². The van der Waals surface area contributed by atoms with Gasteiger partial charge in [0.05, 0.1) is 5.75 Å². The molecule has 4 nitrogen and oxygen atoms in total. The first kappa shape index (κ1) is 14.5. The van der Waals surface area contributed by atoms with Gasteiger partial charge in [-0.3, -0.25) is 0 Å². The van der Waals surface area contributed by atoms with Gasteiger partial charge in [0, 0.05) is 17.5 Å². The van der Waals surface area contributed by atoms with Crippen molar-refractivity contribution in [3.8, 4) is 0 Å². The van der Waals surface area contributed by atoms with Crippen LogP contribution in [-0.2, 0) is 16.6 Å². The molecule has 0 bridgehead atoms. The highest BCUT2D eigenvalue weighted by Crippen LogP contribution is 2.33. The molecule has 6 heteroatoms. The van der Waals surface area contributed by atoms with Crippen LogP contribution in [0.1, 0.15) is 30.6 Å². The summed E-state index contributed by atoms with van der Waals surface area (Å²) < 4.78 is 27.2. The Morgan fingerprint density at radius 1 is 1.25 bits per heavy atom. The van der Waals surface area contributed by atoms with E-state index in [2.05, 4.69) is 5.32 Å². The normalized spacial score (nSPS) is 21.4. The van der Waals surface area contributed by atoms with Gasteiger partial charge in [-0.15, -0.1) is 11.3 Å². The van der Waals surface area contributed by atoms with Gasteiger partial charge in [-0.2, -0.15) is 4.31 Å². The van der Waals surface area contributed by atoms with Gasteiger partial charge >= 0.3 is 0 Å². The van der Waals surface area contributed by atoms with Crippen molar-refractivity contribution in [2.45, 2.75) is 38.3 Å². The predicted molar refractivity (Wildman–Crippen MR) is 82.3 cm³/mol. The number of hydrogen-bond donors (Lipinski definition) is 1. The van der Waals surface area contributed by atoms with Crippen LogP contribution in [0.15, 0.2) is 17.5 Å². The van der Waals surface area contributed by atoms with Crippen LogP contribution in [0.3, 0.4) is 0 Å². The lowest BCUT2D eigenvalue weighted by atomic mass is 10.0. The third-order valence-corrected chi connectivity index (χ3v) is 7.00. The largest absolute Gasteiger partial charge is 0.317 e. The van der Waals surface area contributed by atoms with Crippen LogP contribution >= 0.6 is 11.3 Å². The molecule has 0 atom stereocenters. The summed E-state index contributed by atoms with van der Waals surface area (Å²) in [6, 6.07) is 4.27. The van der Waals surface area contributed by atoms with Crippen molar-refractivity contribution >= 4 is 21.4 Å². The monoisotopic (exact) mass is 314 g/mol. The Bertz CT molecular complexity index is 517. The van der Waals surface area contributed by atoms with Gasteiger partial charge in [-0.1, -0.05) is 6.07 Å². The average molecular weight is 314 g/mol. The second-order valence-electron chi connectivity index (χ2n) is 5.83. The maximum atomic E-state index is 12.7. The van der Waals surface area contributed by atoms with Crippen molar-refractivity contribution < 1.29 is 8.42 Å². The van der Waals surface area contributed by atoms with E-state index in [1.807, 2.05) is 17.5 Å². The third kappa shape index (κ3) is 3.61. The Morgan fingerprint density at radius 3 is 2.60 bits per heavy atom. The molecule has 0 amide bonds. The Hall–Kier alpha value is -0.430. The van der Waals surface area contributed by atoms with Crippen molar-refractivity contribution in [3.63, 3.8) is 0 Å². The second kappa shape index (κ2) is 6.13. The van der Waals surface area contributed by atoms with E-state index in [0.717, 1.165) is 43.6 Å². The summed E-state index contributed by atoms with van der Waals surface area (Å²) in [5.41, 5.74) is 0. The summed E-state index contributed by atoms with van der Waals surface area (Å²) in [6.07, 6.45) is 4.02. The number of rotatable bonds is 6.